The minimum Gasteiger partial charge on any atom is -0.373 e. The van der Waals surface area contributed by atoms with Crippen LogP contribution in [0.5, 0.6) is 0 Å². The lowest BCUT2D eigenvalue weighted by atomic mass is 10.1. The molecule has 0 spiro atoms. The molecule has 1 N–H and O–H groups in total. The van der Waals surface area contributed by atoms with E-state index in [4.69, 9.17) is 0 Å². The monoisotopic (exact) mass is 264 g/mol. The van der Waals surface area contributed by atoms with Crippen LogP contribution in [0.2, 0.25) is 0 Å². The van der Waals surface area contributed by atoms with Crippen LogP contribution in [0.15, 0.2) is 54.9 Å². The lowest BCUT2D eigenvalue weighted by Gasteiger charge is -2.19. The molecule has 0 unspecified atom stereocenters. The summed E-state index contributed by atoms with van der Waals surface area (Å²) >= 11 is 0. The number of aromatic nitrogens is 2. The largest absolute Gasteiger partial charge is 0.373 e. The summed E-state index contributed by atoms with van der Waals surface area (Å²) in [5.41, 5.74) is 1.10. The van der Waals surface area contributed by atoms with Crippen molar-refractivity contribution in [3.05, 3.63) is 54.9 Å². The van der Waals surface area contributed by atoms with Crippen LogP contribution in [0.3, 0.4) is 0 Å². The van der Waals surface area contributed by atoms with Crippen molar-refractivity contribution in [2.24, 2.45) is 0 Å². The number of hydrogen-bond acceptors (Lipinski definition) is 4. The second-order valence-electron chi connectivity index (χ2n) is 4.60. The lowest BCUT2D eigenvalue weighted by molar-refractivity contribution is 1.08. The van der Waals surface area contributed by atoms with E-state index in [1.165, 1.54) is 10.8 Å². The third kappa shape index (κ3) is 2.28. The van der Waals surface area contributed by atoms with E-state index >= 15 is 0 Å². The van der Waals surface area contributed by atoms with Gasteiger partial charge < -0.3 is 10.2 Å². The average molecular weight is 264 g/mol. The Balaban J connectivity index is 2.00. The Morgan fingerprint density at radius 1 is 0.950 bits per heavy atom. The van der Waals surface area contributed by atoms with Crippen LogP contribution < -0.4 is 10.2 Å². The topological polar surface area (TPSA) is 41.0 Å². The van der Waals surface area contributed by atoms with Gasteiger partial charge in [-0.2, -0.15) is 0 Å². The predicted octanol–water partition coefficient (Wildman–Crippen LogP) is 3.44. The maximum atomic E-state index is 4.32. The normalized spacial score (nSPS) is 10.5. The Kier molecular flexibility index (Phi) is 3.21. The van der Waals surface area contributed by atoms with E-state index in [1.54, 1.807) is 6.33 Å². The zero-order valence-electron chi connectivity index (χ0n) is 11.5. The molecule has 0 fully saturated rings. The molecular weight excluding hydrogens is 248 g/mol. The minimum atomic E-state index is 0.808. The maximum absolute atomic E-state index is 4.32. The van der Waals surface area contributed by atoms with Gasteiger partial charge in [-0.1, -0.05) is 30.3 Å². The van der Waals surface area contributed by atoms with Gasteiger partial charge in [-0.05, 0) is 22.9 Å². The number of nitrogens with one attached hydrogen (secondary N) is 1. The van der Waals surface area contributed by atoms with Crippen LogP contribution >= 0.6 is 0 Å². The number of fused-ring (bicyclic) bond motifs is 1. The average Bonchev–Trinajstić information content (AvgIpc) is 2.53. The molecule has 2 aromatic carbocycles. The molecule has 1 aromatic heterocycles. The fourth-order valence-corrected chi connectivity index (χ4v) is 2.18. The van der Waals surface area contributed by atoms with Gasteiger partial charge in [0.2, 0.25) is 0 Å². The van der Waals surface area contributed by atoms with E-state index in [0.717, 1.165) is 17.3 Å². The third-order valence-corrected chi connectivity index (χ3v) is 3.37. The molecule has 0 saturated heterocycles. The predicted molar refractivity (Wildman–Crippen MR) is 83.6 cm³/mol. The van der Waals surface area contributed by atoms with Crippen molar-refractivity contribution in [1.29, 1.82) is 0 Å². The molecule has 4 heteroatoms. The highest BCUT2D eigenvalue weighted by Gasteiger charge is 2.07. The fourth-order valence-electron chi connectivity index (χ4n) is 2.18. The lowest BCUT2D eigenvalue weighted by Crippen LogP contribution is -2.11. The van der Waals surface area contributed by atoms with Gasteiger partial charge in [-0.25, -0.2) is 9.97 Å². The van der Waals surface area contributed by atoms with Crippen molar-refractivity contribution in [3.63, 3.8) is 0 Å². The summed E-state index contributed by atoms with van der Waals surface area (Å²) in [7, 11) is 3.86. The molecule has 0 amide bonds. The molecule has 0 radical (unpaired) electrons. The minimum absolute atomic E-state index is 0.808. The van der Waals surface area contributed by atoms with Gasteiger partial charge in [0.15, 0.2) is 0 Å². The van der Waals surface area contributed by atoms with Crippen LogP contribution in [0.4, 0.5) is 17.3 Å². The van der Waals surface area contributed by atoms with E-state index in [1.807, 2.05) is 20.2 Å². The van der Waals surface area contributed by atoms with Crippen LogP contribution in [0.1, 0.15) is 0 Å². The van der Waals surface area contributed by atoms with Crippen molar-refractivity contribution in [2.75, 3.05) is 24.3 Å². The molecule has 0 saturated carbocycles. The first kappa shape index (κ1) is 12.4. The highest BCUT2D eigenvalue weighted by molar-refractivity contribution is 5.86. The highest BCUT2D eigenvalue weighted by atomic mass is 15.2. The first-order valence-corrected chi connectivity index (χ1v) is 6.50. The third-order valence-electron chi connectivity index (χ3n) is 3.37. The highest BCUT2D eigenvalue weighted by Crippen LogP contribution is 2.26. The van der Waals surface area contributed by atoms with Crippen molar-refractivity contribution in [3.8, 4) is 0 Å². The molecule has 0 aliphatic rings. The van der Waals surface area contributed by atoms with E-state index in [0.29, 0.717) is 0 Å². The number of rotatable bonds is 3. The van der Waals surface area contributed by atoms with Crippen LogP contribution in [0, 0.1) is 0 Å². The number of hydrogen-bond donors (Lipinski definition) is 1. The van der Waals surface area contributed by atoms with Crippen molar-refractivity contribution in [1.82, 2.24) is 9.97 Å². The molecule has 0 aliphatic carbocycles. The Morgan fingerprint density at radius 2 is 1.75 bits per heavy atom. The first-order valence-electron chi connectivity index (χ1n) is 6.50. The molecule has 3 aromatic rings. The van der Waals surface area contributed by atoms with Crippen LogP contribution in [-0.4, -0.2) is 24.1 Å². The van der Waals surface area contributed by atoms with Crippen molar-refractivity contribution < 1.29 is 0 Å². The fraction of sp³-hybridized carbons (Fsp3) is 0.125. The molecular formula is C16H16N4. The molecule has 0 aliphatic heterocycles. The van der Waals surface area contributed by atoms with Gasteiger partial charge in [0.1, 0.15) is 18.0 Å². The van der Waals surface area contributed by atoms with E-state index in [-0.39, 0.29) is 0 Å². The summed E-state index contributed by atoms with van der Waals surface area (Å²) in [4.78, 5) is 10.5. The zero-order chi connectivity index (χ0) is 13.9. The molecule has 20 heavy (non-hydrogen) atoms. The van der Waals surface area contributed by atoms with Gasteiger partial charge >= 0.3 is 0 Å². The molecule has 100 valence electrons. The molecule has 0 bridgehead atoms. The van der Waals surface area contributed by atoms with E-state index in [2.05, 4.69) is 62.6 Å². The summed E-state index contributed by atoms with van der Waals surface area (Å²) in [6.07, 6.45) is 1.57. The smallest absolute Gasteiger partial charge is 0.138 e. The number of anilines is 3. The first-order chi connectivity index (χ1) is 9.78. The SMILES string of the molecule is CNc1cc(N(C)c2ccc3ccccc3c2)ncn1. The quantitative estimate of drug-likeness (QED) is 0.786. The van der Waals surface area contributed by atoms with E-state index < -0.39 is 0 Å². The molecule has 1 heterocycles. The van der Waals surface area contributed by atoms with Gasteiger partial charge in [0, 0.05) is 25.8 Å². The summed E-state index contributed by atoms with van der Waals surface area (Å²) < 4.78 is 0. The number of benzene rings is 2. The van der Waals surface area contributed by atoms with Crippen LogP contribution in [0.25, 0.3) is 10.8 Å². The summed E-state index contributed by atoms with van der Waals surface area (Å²) in [5.74, 6) is 1.67. The van der Waals surface area contributed by atoms with Gasteiger partial charge in [0.05, 0.1) is 0 Å². The van der Waals surface area contributed by atoms with Crippen molar-refractivity contribution in [2.45, 2.75) is 0 Å². The second-order valence-corrected chi connectivity index (χ2v) is 4.60. The van der Waals surface area contributed by atoms with Gasteiger partial charge in [-0.3, -0.25) is 0 Å². The Bertz CT molecular complexity index is 739. The summed E-state index contributed by atoms with van der Waals surface area (Å²) in [6.45, 7) is 0. The maximum Gasteiger partial charge on any atom is 0.138 e. The Morgan fingerprint density at radius 3 is 2.55 bits per heavy atom. The van der Waals surface area contributed by atoms with Crippen LogP contribution in [-0.2, 0) is 0 Å². The standard InChI is InChI=1S/C16H16N4/c1-17-15-10-16(19-11-18-15)20(2)14-8-7-12-5-3-4-6-13(12)9-14/h3-11H,1-2H3,(H,17,18,19). The molecule has 4 nitrogen and oxygen atoms in total. The van der Waals surface area contributed by atoms with Crippen molar-refractivity contribution >= 4 is 28.1 Å². The Labute approximate surface area is 118 Å². The summed E-state index contributed by atoms with van der Waals surface area (Å²) in [6, 6.07) is 16.6. The second kappa shape index (κ2) is 5.17. The van der Waals surface area contributed by atoms with E-state index in [9.17, 15) is 0 Å². The number of nitrogens with zero attached hydrogens (tertiary/aromatic N) is 3. The van der Waals surface area contributed by atoms with Gasteiger partial charge in [-0.15, -0.1) is 0 Å². The molecule has 3 rings (SSSR count). The summed E-state index contributed by atoms with van der Waals surface area (Å²) in [5, 5.41) is 5.49. The molecule has 0 atom stereocenters. The zero-order valence-corrected chi connectivity index (χ0v) is 11.5. The Hall–Kier alpha value is -2.62. The van der Waals surface area contributed by atoms with Gasteiger partial charge in [0.25, 0.3) is 0 Å².